The van der Waals surface area contributed by atoms with E-state index < -0.39 is 0 Å². The fraction of sp³-hybridized carbons (Fsp3) is 0.720. The highest BCUT2D eigenvalue weighted by molar-refractivity contribution is 5.80. The highest BCUT2D eigenvalue weighted by Crippen LogP contribution is 2.31. The molecule has 2 atom stereocenters. The second kappa shape index (κ2) is 11.8. The number of rotatable bonds is 7. The van der Waals surface area contributed by atoms with Crippen LogP contribution in [0.3, 0.4) is 0 Å². The molecule has 4 rings (SSSR count). The second-order valence-electron chi connectivity index (χ2n) is 9.21. The molecule has 3 aliphatic rings. The van der Waals surface area contributed by atoms with Crippen molar-refractivity contribution >= 4 is 11.6 Å². The first-order valence-electron chi connectivity index (χ1n) is 12.3. The summed E-state index contributed by atoms with van der Waals surface area (Å²) in [7, 11) is 3.64. The van der Waals surface area contributed by atoms with Crippen LogP contribution in [0.2, 0.25) is 0 Å². The summed E-state index contributed by atoms with van der Waals surface area (Å²) >= 11 is 0. The van der Waals surface area contributed by atoms with Gasteiger partial charge >= 0.3 is 0 Å². The lowest BCUT2D eigenvalue weighted by atomic mass is 10.1. The molecule has 0 aliphatic carbocycles. The Morgan fingerprint density at radius 3 is 2.72 bits per heavy atom. The molecule has 3 fully saturated rings. The van der Waals surface area contributed by atoms with Gasteiger partial charge in [0.05, 0.1) is 31.6 Å². The van der Waals surface area contributed by atoms with E-state index in [1.165, 1.54) is 24.9 Å². The second-order valence-corrected chi connectivity index (χ2v) is 9.21. The Bertz CT molecular complexity index is 730. The summed E-state index contributed by atoms with van der Waals surface area (Å²) in [6.07, 6.45) is 7.55. The minimum Gasteiger partial charge on any atom is -0.495 e. The van der Waals surface area contributed by atoms with Gasteiger partial charge < -0.3 is 29.3 Å². The number of likely N-dealkylation sites (tertiary alicyclic amines) is 1. The van der Waals surface area contributed by atoms with Crippen LogP contribution in [0, 0.1) is 5.92 Å². The molecule has 1 N–H and O–H groups in total. The van der Waals surface area contributed by atoms with E-state index in [2.05, 4.69) is 32.2 Å². The first kappa shape index (κ1) is 23.2. The maximum atomic E-state index is 6.17. The van der Waals surface area contributed by atoms with E-state index >= 15 is 0 Å². The molecule has 0 radical (unpaired) electrons. The molecule has 7 nitrogen and oxygen atoms in total. The number of benzene rings is 1. The van der Waals surface area contributed by atoms with Gasteiger partial charge in [-0.3, -0.25) is 4.99 Å². The van der Waals surface area contributed by atoms with Crippen LogP contribution in [0.1, 0.15) is 38.5 Å². The molecule has 32 heavy (non-hydrogen) atoms. The van der Waals surface area contributed by atoms with E-state index in [1.54, 1.807) is 7.11 Å². The van der Waals surface area contributed by atoms with Gasteiger partial charge in [-0.2, -0.15) is 0 Å². The third-order valence-electron chi connectivity index (χ3n) is 7.01. The zero-order valence-corrected chi connectivity index (χ0v) is 19.8. The van der Waals surface area contributed by atoms with Gasteiger partial charge in [0, 0.05) is 46.4 Å². The highest BCUT2D eigenvalue weighted by Gasteiger charge is 2.27. The van der Waals surface area contributed by atoms with E-state index in [0.717, 1.165) is 76.9 Å². The molecule has 0 bridgehead atoms. The van der Waals surface area contributed by atoms with Crippen LogP contribution in [0.5, 0.6) is 5.75 Å². The molecule has 7 heteroatoms. The van der Waals surface area contributed by atoms with Crippen LogP contribution in [0.4, 0.5) is 5.69 Å². The monoisotopic (exact) mass is 444 g/mol. The number of ether oxygens (including phenoxy) is 3. The Balaban J connectivity index is 1.18. The van der Waals surface area contributed by atoms with Crippen molar-refractivity contribution in [3.8, 4) is 5.75 Å². The van der Waals surface area contributed by atoms with E-state index in [-0.39, 0.29) is 0 Å². The lowest BCUT2D eigenvalue weighted by molar-refractivity contribution is -0.0721. The lowest BCUT2D eigenvalue weighted by Crippen LogP contribution is -2.48. The molecular formula is C25H40N4O3. The minimum absolute atomic E-state index is 0.304. The summed E-state index contributed by atoms with van der Waals surface area (Å²) in [5.41, 5.74) is 1.20. The van der Waals surface area contributed by atoms with Crippen molar-refractivity contribution in [2.75, 3.05) is 65.0 Å². The number of nitrogens with one attached hydrogen (secondary N) is 1. The number of piperidine rings is 1. The number of anilines is 1. The quantitative estimate of drug-likeness (QED) is 0.515. The highest BCUT2D eigenvalue weighted by atomic mass is 16.5. The number of hydrogen-bond acceptors (Lipinski definition) is 5. The third-order valence-corrected chi connectivity index (χ3v) is 7.01. The summed E-state index contributed by atoms with van der Waals surface area (Å²) in [6, 6.07) is 8.30. The zero-order valence-electron chi connectivity index (χ0n) is 19.8. The van der Waals surface area contributed by atoms with Crippen LogP contribution in [-0.2, 0) is 9.47 Å². The third kappa shape index (κ3) is 6.07. The summed E-state index contributed by atoms with van der Waals surface area (Å²) in [4.78, 5) is 9.37. The van der Waals surface area contributed by atoms with Gasteiger partial charge in [0.15, 0.2) is 5.96 Å². The molecule has 3 saturated heterocycles. The Morgan fingerprint density at radius 1 is 1.12 bits per heavy atom. The maximum absolute atomic E-state index is 6.17. The first-order valence-corrected chi connectivity index (χ1v) is 12.3. The number of hydrogen-bond donors (Lipinski definition) is 1. The van der Waals surface area contributed by atoms with Crippen LogP contribution in [-0.4, -0.2) is 83.2 Å². The van der Waals surface area contributed by atoms with Gasteiger partial charge in [-0.25, -0.2) is 0 Å². The van der Waals surface area contributed by atoms with E-state index in [0.29, 0.717) is 18.1 Å². The van der Waals surface area contributed by atoms with Gasteiger partial charge in [0.1, 0.15) is 5.75 Å². The molecule has 3 heterocycles. The Kier molecular flexibility index (Phi) is 8.51. The maximum Gasteiger partial charge on any atom is 0.193 e. The number of guanidine groups is 1. The Labute approximate surface area is 193 Å². The van der Waals surface area contributed by atoms with E-state index in [1.807, 2.05) is 19.2 Å². The van der Waals surface area contributed by atoms with Crippen molar-refractivity contribution in [3.05, 3.63) is 24.3 Å². The fourth-order valence-corrected chi connectivity index (χ4v) is 5.09. The van der Waals surface area contributed by atoms with E-state index in [9.17, 15) is 0 Å². The zero-order chi connectivity index (χ0) is 22.2. The van der Waals surface area contributed by atoms with Gasteiger partial charge in [-0.1, -0.05) is 12.1 Å². The van der Waals surface area contributed by atoms with Crippen molar-refractivity contribution in [2.45, 2.75) is 50.7 Å². The average Bonchev–Trinajstić information content (AvgIpc) is 3.33. The molecule has 178 valence electrons. The van der Waals surface area contributed by atoms with Gasteiger partial charge in [-0.15, -0.1) is 0 Å². The SMILES string of the molecule is CN=C(NCC1CCN(c2ccccc2OC)C1)N1CCC(OCC2CCCCO2)CC1. The topological polar surface area (TPSA) is 58.6 Å². The largest absolute Gasteiger partial charge is 0.495 e. The minimum atomic E-state index is 0.304. The number of para-hydroxylation sites is 2. The number of aliphatic imine (C=N–C) groups is 1. The molecule has 0 amide bonds. The molecule has 0 saturated carbocycles. The fourth-order valence-electron chi connectivity index (χ4n) is 5.09. The summed E-state index contributed by atoms with van der Waals surface area (Å²) < 4.78 is 17.5. The predicted octanol–water partition coefficient (Wildman–Crippen LogP) is 3.15. The molecular weight excluding hydrogens is 404 g/mol. The van der Waals surface area contributed by atoms with Crippen molar-refractivity contribution in [3.63, 3.8) is 0 Å². The van der Waals surface area contributed by atoms with E-state index in [4.69, 9.17) is 14.2 Å². The van der Waals surface area contributed by atoms with Crippen LogP contribution >= 0.6 is 0 Å². The Morgan fingerprint density at radius 2 is 1.97 bits per heavy atom. The van der Waals surface area contributed by atoms with Crippen molar-refractivity contribution in [1.29, 1.82) is 0 Å². The summed E-state index contributed by atoms with van der Waals surface area (Å²) in [5, 5.41) is 3.64. The number of nitrogens with zero attached hydrogens (tertiary/aromatic N) is 3. The van der Waals surface area contributed by atoms with Gasteiger partial charge in [0.25, 0.3) is 0 Å². The van der Waals surface area contributed by atoms with Crippen LogP contribution < -0.4 is 15.0 Å². The normalized spacial score (nSPS) is 25.2. The average molecular weight is 445 g/mol. The van der Waals surface area contributed by atoms with Crippen LogP contribution in [0.25, 0.3) is 0 Å². The molecule has 1 aromatic carbocycles. The number of methoxy groups -OCH3 is 1. The molecule has 1 aromatic rings. The molecule has 2 unspecified atom stereocenters. The van der Waals surface area contributed by atoms with Crippen molar-refractivity contribution < 1.29 is 14.2 Å². The van der Waals surface area contributed by atoms with Gasteiger partial charge in [-0.05, 0) is 56.6 Å². The van der Waals surface area contributed by atoms with Crippen LogP contribution in [0.15, 0.2) is 29.3 Å². The smallest absolute Gasteiger partial charge is 0.193 e. The molecule has 0 aromatic heterocycles. The summed E-state index contributed by atoms with van der Waals surface area (Å²) in [6.45, 7) is 6.70. The summed E-state index contributed by atoms with van der Waals surface area (Å²) in [5.74, 6) is 2.58. The van der Waals surface area contributed by atoms with Crippen molar-refractivity contribution in [1.82, 2.24) is 10.2 Å². The van der Waals surface area contributed by atoms with Crippen molar-refractivity contribution in [2.24, 2.45) is 10.9 Å². The predicted molar refractivity (Wildman–Crippen MR) is 129 cm³/mol. The molecule has 0 spiro atoms. The standard InChI is InChI=1S/C25H40N4O3/c1-26-25(28-14-11-21(12-15-28)32-19-22-7-5-6-16-31-22)27-17-20-10-13-29(18-20)23-8-3-4-9-24(23)30-2/h3-4,8-9,20-22H,5-7,10-19H2,1-2H3,(H,26,27). The lowest BCUT2D eigenvalue weighted by Gasteiger charge is -2.35. The molecule has 3 aliphatic heterocycles. The first-order chi connectivity index (χ1) is 15.8. The Hall–Kier alpha value is -1.99. The van der Waals surface area contributed by atoms with Gasteiger partial charge in [0.2, 0.25) is 0 Å².